The molecule has 0 aliphatic carbocycles. The summed E-state index contributed by atoms with van der Waals surface area (Å²) in [5.74, 6) is -0.0603. The van der Waals surface area contributed by atoms with Gasteiger partial charge in [0, 0.05) is 24.5 Å². The van der Waals surface area contributed by atoms with Crippen molar-refractivity contribution in [2.75, 3.05) is 12.4 Å². The third kappa shape index (κ3) is 3.54. The van der Waals surface area contributed by atoms with E-state index in [2.05, 4.69) is 10.4 Å². The topological polar surface area (TPSA) is 99.3 Å². The molecule has 0 bridgehead atoms. The summed E-state index contributed by atoms with van der Waals surface area (Å²) >= 11 is 0. The number of aromatic nitrogens is 2. The summed E-state index contributed by atoms with van der Waals surface area (Å²) in [7, 11) is 1.43. The van der Waals surface area contributed by atoms with Crippen molar-refractivity contribution in [2.45, 2.75) is 6.04 Å². The minimum absolute atomic E-state index is 0.142. The molecule has 8 heteroatoms. The van der Waals surface area contributed by atoms with Gasteiger partial charge in [-0.25, -0.2) is 0 Å². The fourth-order valence-corrected chi connectivity index (χ4v) is 2.60. The Morgan fingerprint density at radius 2 is 2.00 bits per heavy atom. The number of nitro benzene ring substituents is 1. The summed E-state index contributed by atoms with van der Waals surface area (Å²) in [6.07, 6.45) is 3.26. The molecule has 1 amide bonds. The molecule has 0 fully saturated rings. The number of hydrogen-bond donors (Lipinski definition) is 1. The Hall–Kier alpha value is -3.68. The van der Waals surface area contributed by atoms with Crippen molar-refractivity contribution in [1.29, 1.82) is 0 Å². The van der Waals surface area contributed by atoms with Crippen LogP contribution in [0.2, 0.25) is 0 Å². The Bertz CT molecular complexity index is 910. The zero-order valence-corrected chi connectivity index (χ0v) is 13.9. The molecule has 3 rings (SSSR count). The second-order valence-electron chi connectivity index (χ2n) is 5.43. The number of carbonyl (C=O) groups excluding carboxylic acids is 1. The highest BCUT2D eigenvalue weighted by Crippen LogP contribution is 2.30. The lowest BCUT2D eigenvalue weighted by Gasteiger charge is -2.18. The number of anilines is 1. The first kappa shape index (κ1) is 17.2. The first-order chi connectivity index (χ1) is 12.6. The number of nitrogens with one attached hydrogen (secondary N) is 1. The van der Waals surface area contributed by atoms with Gasteiger partial charge in [-0.15, -0.1) is 0 Å². The first-order valence-corrected chi connectivity index (χ1v) is 7.77. The number of hydrogen-bond acceptors (Lipinski definition) is 5. The number of amides is 1. The quantitative estimate of drug-likeness (QED) is 0.543. The first-order valence-electron chi connectivity index (χ1n) is 7.77. The summed E-state index contributed by atoms with van der Waals surface area (Å²) < 4.78 is 6.72. The molecule has 132 valence electrons. The van der Waals surface area contributed by atoms with E-state index in [-0.39, 0.29) is 11.4 Å². The van der Waals surface area contributed by atoms with Gasteiger partial charge in [-0.3, -0.25) is 19.6 Å². The van der Waals surface area contributed by atoms with Crippen LogP contribution in [0.25, 0.3) is 0 Å². The van der Waals surface area contributed by atoms with Crippen molar-refractivity contribution in [1.82, 2.24) is 9.78 Å². The summed E-state index contributed by atoms with van der Waals surface area (Å²) in [6, 6.07) is 14.2. The maximum Gasteiger partial charge on any atom is 0.271 e. The lowest BCUT2D eigenvalue weighted by atomic mass is 10.1. The second-order valence-corrected chi connectivity index (χ2v) is 5.43. The van der Waals surface area contributed by atoms with Crippen LogP contribution in [0.5, 0.6) is 5.75 Å². The molecule has 0 radical (unpaired) electrons. The van der Waals surface area contributed by atoms with Crippen LogP contribution in [0.1, 0.15) is 11.6 Å². The van der Waals surface area contributed by atoms with Crippen LogP contribution in [0, 0.1) is 10.1 Å². The third-order valence-corrected chi connectivity index (χ3v) is 3.80. The monoisotopic (exact) mass is 352 g/mol. The molecule has 0 saturated carbocycles. The summed E-state index contributed by atoms with van der Waals surface area (Å²) in [5, 5.41) is 17.9. The minimum Gasteiger partial charge on any atom is -0.495 e. The van der Waals surface area contributed by atoms with Crippen LogP contribution < -0.4 is 10.1 Å². The van der Waals surface area contributed by atoms with Gasteiger partial charge in [0.15, 0.2) is 6.04 Å². The average molecular weight is 352 g/mol. The normalized spacial score (nSPS) is 11.6. The predicted molar refractivity (Wildman–Crippen MR) is 95.1 cm³/mol. The smallest absolute Gasteiger partial charge is 0.271 e. The molecule has 1 atom stereocenters. The van der Waals surface area contributed by atoms with Gasteiger partial charge < -0.3 is 10.1 Å². The minimum atomic E-state index is -0.727. The second kappa shape index (κ2) is 7.47. The zero-order valence-electron chi connectivity index (χ0n) is 13.9. The highest BCUT2D eigenvalue weighted by molar-refractivity contribution is 5.97. The van der Waals surface area contributed by atoms with Gasteiger partial charge in [0.25, 0.3) is 11.6 Å². The highest BCUT2D eigenvalue weighted by atomic mass is 16.6. The summed E-state index contributed by atoms with van der Waals surface area (Å²) in [6.45, 7) is 0. The predicted octanol–water partition coefficient (Wildman–Crippen LogP) is 3.03. The molecular formula is C18H16N4O4. The molecule has 3 aromatic rings. The van der Waals surface area contributed by atoms with Crippen molar-refractivity contribution in [3.63, 3.8) is 0 Å². The van der Waals surface area contributed by atoms with E-state index >= 15 is 0 Å². The fraction of sp³-hybridized carbons (Fsp3) is 0.111. The molecule has 26 heavy (non-hydrogen) atoms. The van der Waals surface area contributed by atoms with Crippen LogP contribution in [-0.4, -0.2) is 27.7 Å². The van der Waals surface area contributed by atoms with Crippen molar-refractivity contribution >= 4 is 17.3 Å². The molecule has 0 spiro atoms. The maximum absolute atomic E-state index is 13.0. The highest BCUT2D eigenvalue weighted by Gasteiger charge is 2.24. The van der Waals surface area contributed by atoms with E-state index in [0.29, 0.717) is 5.75 Å². The number of benzene rings is 2. The SMILES string of the molecule is COc1ccc([N+](=O)[O-])cc1NC(=O)C(c1ccccc1)n1cccn1. The third-order valence-electron chi connectivity index (χ3n) is 3.80. The zero-order chi connectivity index (χ0) is 18.5. The fourth-order valence-electron chi connectivity index (χ4n) is 2.60. The van der Waals surface area contributed by atoms with Crippen LogP contribution in [0.4, 0.5) is 11.4 Å². The Morgan fingerprint density at radius 3 is 2.62 bits per heavy atom. The number of carbonyl (C=O) groups is 1. The van der Waals surface area contributed by atoms with Gasteiger partial charge in [-0.1, -0.05) is 30.3 Å². The van der Waals surface area contributed by atoms with E-state index in [0.717, 1.165) is 5.56 Å². The van der Waals surface area contributed by atoms with E-state index in [4.69, 9.17) is 4.74 Å². The van der Waals surface area contributed by atoms with E-state index in [1.807, 2.05) is 30.3 Å². The van der Waals surface area contributed by atoms with Gasteiger partial charge >= 0.3 is 0 Å². The maximum atomic E-state index is 13.0. The molecule has 1 N–H and O–H groups in total. The van der Waals surface area contributed by atoms with Crippen LogP contribution in [-0.2, 0) is 4.79 Å². The number of nitrogens with zero attached hydrogens (tertiary/aromatic N) is 3. The average Bonchev–Trinajstić information content (AvgIpc) is 3.17. The van der Waals surface area contributed by atoms with Gasteiger partial charge in [-0.2, -0.15) is 5.10 Å². The molecule has 1 aromatic heterocycles. The van der Waals surface area contributed by atoms with E-state index in [1.54, 1.807) is 18.5 Å². The van der Waals surface area contributed by atoms with E-state index in [1.165, 1.54) is 30.0 Å². The van der Waals surface area contributed by atoms with Crippen molar-refractivity contribution < 1.29 is 14.5 Å². The Morgan fingerprint density at radius 1 is 1.23 bits per heavy atom. The standard InChI is InChI=1S/C18H16N4O4/c1-26-16-9-8-14(22(24)25)12-15(16)20-18(23)17(21-11-5-10-19-21)13-6-3-2-4-7-13/h2-12,17H,1H3,(H,20,23). The number of methoxy groups -OCH3 is 1. The van der Waals surface area contributed by atoms with Crippen molar-refractivity contribution in [2.24, 2.45) is 0 Å². The van der Waals surface area contributed by atoms with E-state index < -0.39 is 16.9 Å². The van der Waals surface area contributed by atoms with Gasteiger partial charge in [0.2, 0.25) is 0 Å². The molecule has 1 unspecified atom stereocenters. The molecule has 0 saturated heterocycles. The molecular weight excluding hydrogens is 336 g/mol. The number of rotatable bonds is 6. The largest absolute Gasteiger partial charge is 0.495 e. The lowest BCUT2D eigenvalue weighted by molar-refractivity contribution is -0.384. The number of nitro groups is 1. The summed E-state index contributed by atoms with van der Waals surface area (Å²) in [5.41, 5.74) is 0.814. The molecule has 8 nitrogen and oxygen atoms in total. The van der Waals surface area contributed by atoms with E-state index in [9.17, 15) is 14.9 Å². The Balaban J connectivity index is 1.96. The number of non-ortho nitro benzene ring substituents is 1. The molecule has 2 aromatic carbocycles. The van der Waals surface area contributed by atoms with Crippen LogP contribution in [0.3, 0.4) is 0 Å². The molecule has 0 aliphatic heterocycles. The van der Waals surface area contributed by atoms with Crippen LogP contribution >= 0.6 is 0 Å². The van der Waals surface area contributed by atoms with Gasteiger partial charge in [-0.05, 0) is 17.7 Å². The van der Waals surface area contributed by atoms with Gasteiger partial charge in [0.1, 0.15) is 5.75 Å². The summed E-state index contributed by atoms with van der Waals surface area (Å²) in [4.78, 5) is 23.5. The van der Waals surface area contributed by atoms with Crippen LogP contribution in [0.15, 0.2) is 67.0 Å². The van der Waals surface area contributed by atoms with Crippen molar-refractivity contribution in [3.05, 3.63) is 82.7 Å². The van der Waals surface area contributed by atoms with Gasteiger partial charge in [0.05, 0.1) is 17.7 Å². The Labute approximate surface area is 149 Å². The molecule has 0 aliphatic rings. The Kier molecular flexibility index (Phi) is 4.93. The number of ether oxygens (including phenoxy) is 1. The molecule has 1 heterocycles. The van der Waals surface area contributed by atoms with Crippen molar-refractivity contribution in [3.8, 4) is 5.75 Å². The lowest BCUT2D eigenvalue weighted by Crippen LogP contribution is -2.27.